The summed E-state index contributed by atoms with van der Waals surface area (Å²) in [4.78, 5) is 11.1. The minimum atomic E-state index is -1.33. The Labute approximate surface area is 143 Å². The summed E-state index contributed by atoms with van der Waals surface area (Å²) < 4.78 is 33.8. The largest absolute Gasteiger partial charge is 0.488 e. The lowest BCUT2D eigenvalue weighted by Gasteiger charge is -2.13. The van der Waals surface area contributed by atoms with Crippen molar-refractivity contribution in [2.45, 2.75) is 6.61 Å². The third kappa shape index (κ3) is 3.66. The highest BCUT2D eigenvalue weighted by molar-refractivity contribution is 5.90. The minimum absolute atomic E-state index is 0.152. The molecular weight excluding hydrogens is 326 g/mol. The zero-order valence-corrected chi connectivity index (χ0v) is 13.1. The topological polar surface area (TPSA) is 46.5 Å². The smallest absolute Gasteiger partial charge is 0.335 e. The highest BCUT2D eigenvalue weighted by atomic mass is 19.2. The second kappa shape index (κ2) is 7.13. The van der Waals surface area contributed by atoms with E-state index in [9.17, 15) is 13.6 Å². The van der Waals surface area contributed by atoms with Crippen LogP contribution >= 0.6 is 0 Å². The second-order valence-corrected chi connectivity index (χ2v) is 5.40. The summed E-state index contributed by atoms with van der Waals surface area (Å²) in [7, 11) is 0. The molecular formula is C20H14F2O3. The van der Waals surface area contributed by atoms with Crippen molar-refractivity contribution >= 4 is 5.97 Å². The molecule has 0 aliphatic carbocycles. The van der Waals surface area contributed by atoms with Gasteiger partial charge in [0.15, 0.2) is 11.6 Å². The summed E-state index contributed by atoms with van der Waals surface area (Å²) >= 11 is 0. The molecule has 5 heteroatoms. The van der Waals surface area contributed by atoms with Crippen molar-refractivity contribution < 1.29 is 23.4 Å². The van der Waals surface area contributed by atoms with Crippen molar-refractivity contribution in [2.75, 3.05) is 0 Å². The van der Waals surface area contributed by atoms with E-state index in [0.29, 0.717) is 11.8 Å². The van der Waals surface area contributed by atoms with Crippen molar-refractivity contribution in [3.05, 3.63) is 89.5 Å². The van der Waals surface area contributed by atoms with E-state index in [-0.39, 0.29) is 23.3 Å². The summed E-state index contributed by atoms with van der Waals surface area (Å²) in [6.45, 7) is 0.251. The van der Waals surface area contributed by atoms with Crippen molar-refractivity contribution in [1.82, 2.24) is 0 Å². The van der Waals surface area contributed by atoms with Crippen LogP contribution in [0.25, 0.3) is 11.1 Å². The number of carboxylic acid groups (broad SMARTS) is 1. The van der Waals surface area contributed by atoms with Crippen LogP contribution in [0.5, 0.6) is 5.75 Å². The summed E-state index contributed by atoms with van der Waals surface area (Å²) in [5.74, 6) is -3.32. The maximum atomic E-state index is 14.3. The molecule has 0 spiro atoms. The van der Waals surface area contributed by atoms with Gasteiger partial charge in [0.25, 0.3) is 0 Å². The van der Waals surface area contributed by atoms with Gasteiger partial charge in [-0.15, -0.1) is 0 Å². The SMILES string of the molecule is O=C(O)c1cc(F)c(F)c(-c2ccccc2OCc2ccccc2)c1. The Balaban J connectivity index is 2.00. The quantitative estimate of drug-likeness (QED) is 0.718. The first-order valence-electron chi connectivity index (χ1n) is 7.54. The standard InChI is InChI=1S/C20H14F2O3/c21-17-11-14(20(23)24)10-16(19(17)22)15-8-4-5-9-18(15)25-12-13-6-2-1-3-7-13/h1-11H,12H2,(H,23,24). The van der Waals surface area contributed by atoms with Crippen molar-refractivity contribution in [3.63, 3.8) is 0 Å². The Morgan fingerprint density at radius 1 is 0.920 bits per heavy atom. The molecule has 3 aromatic carbocycles. The summed E-state index contributed by atoms with van der Waals surface area (Å²) in [6, 6.07) is 17.7. The molecule has 3 nitrogen and oxygen atoms in total. The summed E-state index contributed by atoms with van der Waals surface area (Å²) in [6.07, 6.45) is 0. The molecule has 126 valence electrons. The van der Waals surface area contributed by atoms with Crippen molar-refractivity contribution in [2.24, 2.45) is 0 Å². The number of carboxylic acids is 1. The predicted octanol–water partition coefficient (Wildman–Crippen LogP) is 4.91. The summed E-state index contributed by atoms with van der Waals surface area (Å²) in [5.41, 5.74) is 0.731. The normalized spacial score (nSPS) is 10.5. The lowest BCUT2D eigenvalue weighted by atomic mass is 10.0. The first-order valence-corrected chi connectivity index (χ1v) is 7.54. The number of rotatable bonds is 5. The van der Waals surface area contributed by atoms with Crippen LogP contribution < -0.4 is 4.74 Å². The van der Waals surface area contributed by atoms with Gasteiger partial charge in [0.05, 0.1) is 5.56 Å². The zero-order chi connectivity index (χ0) is 17.8. The van der Waals surface area contributed by atoms with Crippen LogP contribution in [0.15, 0.2) is 66.7 Å². The lowest BCUT2D eigenvalue weighted by Crippen LogP contribution is -2.02. The predicted molar refractivity (Wildman–Crippen MR) is 89.5 cm³/mol. The lowest BCUT2D eigenvalue weighted by molar-refractivity contribution is 0.0696. The second-order valence-electron chi connectivity index (χ2n) is 5.40. The number of carbonyl (C=O) groups is 1. The van der Waals surface area contributed by atoms with Crippen LogP contribution in [0, 0.1) is 11.6 Å². The van der Waals surface area contributed by atoms with Gasteiger partial charge in [0.2, 0.25) is 0 Å². The van der Waals surface area contributed by atoms with E-state index in [1.165, 1.54) is 0 Å². The number of ether oxygens (including phenoxy) is 1. The molecule has 0 radical (unpaired) electrons. The first-order chi connectivity index (χ1) is 12.1. The Morgan fingerprint density at radius 2 is 1.60 bits per heavy atom. The van der Waals surface area contributed by atoms with Gasteiger partial charge in [-0.1, -0.05) is 48.5 Å². The van der Waals surface area contributed by atoms with Gasteiger partial charge in [-0.05, 0) is 23.8 Å². The molecule has 0 bridgehead atoms. The molecule has 0 aliphatic heterocycles. The first kappa shape index (κ1) is 16.6. The maximum absolute atomic E-state index is 14.3. The van der Waals surface area contributed by atoms with E-state index in [1.54, 1.807) is 24.3 Å². The average Bonchev–Trinajstić information content (AvgIpc) is 2.63. The van der Waals surface area contributed by atoms with E-state index in [1.807, 2.05) is 30.3 Å². The van der Waals surface area contributed by atoms with Crippen LogP contribution in [-0.2, 0) is 6.61 Å². The van der Waals surface area contributed by atoms with Gasteiger partial charge < -0.3 is 9.84 Å². The number of halogens is 2. The molecule has 0 heterocycles. The van der Waals surface area contributed by atoms with E-state index < -0.39 is 17.6 Å². The molecule has 0 fully saturated rings. The maximum Gasteiger partial charge on any atom is 0.335 e. The number of benzene rings is 3. The van der Waals surface area contributed by atoms with Crippen LogP contribution in [0.4, 0.5) is 8.78 Å². The monoisotopic (exact) mass is 340 g/mol. The number of aromatic carboxylic acids is 1. The molecule has 0 atom stereocenters. The highest BCUT2D eigenvalue weighted by Gasteiger charge is 2.18. The van der Waals surface area contributed by atoms with E-state index in [0.717, 1.165) is 11.6 Å². The van der Waals surface area contributed by atoms with Gasteiger partial charge in [-0.3, -0.25) is 0 Å². The van der Waals surface area contributed by atoms with Crippen LogP contribution in [0.1, 0.15) is 15.9 Å². The van der Waals surface area contributed by atoms with Crippen molar-refractivity contribution in [1.29, 1.82) is 0 Å². The number of hydrogen-bond acceptors (Lipinski definition) is 2. The molecule has 1 N–H and O–H groups in total. The number of para-hydroxylation sites is 1. The van der Waals surface area contributed by atoms with Gasteiger partial charge >= 0.3 is 5.97 Å². The fraction of sp³-hybridized carbons (Fsp3) is 0.0500. The molecule has 0 aromatic heterocycles. The minimum Gasteiger partial charge on any atom is -0.488 e. The molecule has 3 aromatic rings. The highest BCUT2D eigenvalue weighted by Crippen LogP contribution is 2.34. The van der Waals surface area contributed by atoms with Crippen molar-refractivity contribution in [3.8, 4) is 16.9 Å². The van der Waals surface area contributed by atoms with Gasteiger partial charge in [0, 0.05) is 11.1 Å². The Bertz CT molecular complexity index is 908. The number of hydrogen-bond donors (Lipinski definition) is 1. The van der Waals surface area contributed by atoms with Gasteiger partial charge in [-0.25, -0.2) is 13.6 Å². The van der Waals surface area contributed by atoms with Crippen LogP contribution in [-0.4, -0.2) is 11.1 Å². The summed E-state index contributed by atoms with van der Waals surface area (Å²) in [5, 5.41) is 9.07. The molecule has 0 saturated carbocycles. The average molecular weight is 340 g/mol. The Morgan fingerprint density at radius 3 is 2.32 bits per heavy atom. The Kier molecular flexibility index (Phi) is 4.75. The van der Waals surface area contributed by atoms with E-state index in [4.69, 9.17) is 9.84 Å². The molecule has 25 heavy (non-hydrogen) atoms. The fourth-order valence-corrected chi connectivity index (χ4v) is 2.46. The van der Waals surface area contributed by atoms with Crippen LogP contribution in [0.2, 0.25) is 0 Å². The van der Waals surface area contributed by atoms with Gasteiger partial charge in [0.1, 0.15) is 12.4 Å². The molecule has 0 unspecified atom stereocenters. The molecule has 3 rings (SSSR count). The van der Waals surface area contributed by atoms with Crippen LogP contribution in [0.3, 0.4) is 0 Å². The molecule has 0 aliphatic rings. The zero-order valence-electron chi connectivity index (χ0n) is 13.1. The van der Waals surface area contributed by atoms with Gasteiger partial charge in [-0.2, -0.15) is 0 Å². The molecule has 0 saturated heterocycles. The third-order valence-electron chi connectivity index (χ3n) is 3.69. The Hall–Kier alpha value is -3.21. The molecule has 0 amide bonds. The van der Waals surface area contributed by atoms with E-state index in [2.05, 4.69) is 0 Å². The fourth-order valence-electron chi connectivity index (χ4n) is 2.46. The van der Waals surface area contributed by atoms with E-state index >= 15 is 0 Å². The third-order valence-corrected chi connectivity index (χ3v) is 3.69.